The van der Waals surface area contributed by atoms with Gasteiger partial charge in [0.05, 0.1) is 6.61 Å². The predicted octanol–water partition coefficient (Wildman–Crippen LogP) is 3.01. The number of carbonyl (C=O) groups is 1. The summed E-state index contributed by atoms with van der Waals surface area (Å²) >= 11 is 0. The zero-order valence-corrected chi connectivity index (χ0v) is 13.6. The van der Waals surface area contributed by atoms with Gasteiger partial charge in [-0.15, -0.1) is 0 Å². The van der Waals surface area contributed by atoms with Crippen LogP contribution in [0.25, 0.3) is 0 Å². The lowest BCUT2D eigenvalue weighted by Gasteiger charge is -2.16. The molecule has 0 aliphatic carbocycles. The molecule has 0 atom stereocenters. The largest absolute Gasteiger partial charge is 0.449 e. The minimum absolute atomic E-state index is 0.0203. The van der Waals surface area contributed by atoms with E-state index in [2.05, 4.69) is 10.6 Å². The summed E-state index contributed by atoms with van der Waals surface area (Å²) in [5.41, 5.74) is 2.36. The summed E-state index contributed by atoms with van der Waals surface area (Å²) in [6, 6.07) is 12.4. The highest BCUT2D eigenvalue weighted by atomic mass is 16.7. The third-order valence-corrected chi connectivity index (χ3v) is 3.54. The summed E-state index contributed by atoms with van der Waals surface area (Å²) < 4.78 is 11.3. The number of anilines is 1. The molecule has 3 rings (SSSR count). The first-order valence-corrected chi connectivity index (χ1v) is 7.71. The number of carbonyl (C=O) groups excluding carboxylic acids is 1. The van der Waals surface area contributed by atoms with E-state index in [1.165, 1.54) is 0 Å². The van der Waals surface area contributed by atoms with E-state index in [4.69, 9.17) is 14.6 Å². The van der Waals surface area contributed by atoms with Crippen molar-refractivity contribution in [3.05, 3.63) is 53.6 Å². The number of hydrogen-bond acceptors (Lipinski definition) is 4. The second-order valence-electron chi connectivity index (χ2n) is 6.05. The number of urea groups is 1. The maximum Gasteiger partial charge on any atom is 0.319 e. The van der Waals surface area contributed by atoms with E-state index >= 15 is 0 Å². The third-order valence-electron chi connectivity index (χ3n) is 3.54. The van der Waals surface area contributed by atoms with E-state index in [-0.39, 0.29) is 12.6 Å². The molecule has 0 unspecified atom stereocenters. The molecule has 2 aromatic rings. The van der Waals surface area contributed by atoms with E-state index in [1.54, 1.807) is 18.2 Å². The Hall–Kier alpha value is -2.73. The molecule has 1 aliphatic heterocycles. The standard InChI is InChI=1S/C18H20N2O4/c1-18(2)23-15-7-6-14(9-16(15)24-18)20-17(22)19-10-12-4-3-5-13(8-12)11-21/h3-9,21H,10-11H2,1-2H3,(H2,19,20,22). The number of amides is 2. The van der Waals surface area contributed by atoms with Crippen LogP contribution in [0.3, 0.4) is 0 Å². The number of aliphatic hydroxyl groups excluding tert-OH is 1. The first-order valence-electron chi connectivity index (χ1n) is 7.71. The molecular formula is C18H20N2O4. The number of fused-ring (bicyclic) bond motifs is 1. The summed E-state index contributed by atoms with van der Waals surface area (Å²) in [7, 11) is 0. The monoisotopic (exact) mass is 328 g/mol. The van der Waals surface area contributed by atoms with Gasteiger partial charge in [-0.05, 0) is 23.3 Å². The molecule has 3 N–H and O–H groups in total. The Morgan fingerprint density at radius 2 is 1.83 bits per heavy atom. The summed E-state index contributed by atoms with van der Waals surface area (Å²) in [5, 5.41) is 14.7. The quantitative estimate of drug-likeness (QED) is 0.806. The minimum atomic E-state index is -0.694. The molecule has 6 nitrogen and oxygen atoms in total. The molecule has 0 aromatic heterocycles. The van der Waals surface area contributed by atoms with Crippen LogP contribution in [0.15, 0.2) is 42.5 Å². The number of nitrogens with one attached hydrogen (secondary N) is 2. The number of ether oxygens (including phenoxy) is 2. The van der Waals surface area contributed by atoms with Crippen molar-refractivity contribution in [2.75, 3.05) is 5.32 Å². The lowest BCUT2D eigenvalue weighted by atomic mass is 10.1. The molecule has 24 heavy (non-hydrogen) atoms. The van der Waals surface area contributed by atoms with Crippen LogP contribution in [0.1, 0.15) is 25.0 Å². The summed E-state index contributed by atoms with van der Waals surface area (Å²) in [6.07, 6.45) is 0. The van der Waals surface area contributed by atoms with E-state index in [9.17, 15) is 4.79 Å². The van der Waals surface area contributed by atoms with Crippen molar-refractivity contribution in [2.24, 2.45) is 0 Å². The van der Waals surface area contributed by atoms with Crippen molar-refractivity contribution in [3.8, 4) is 11.5 Å². The van der Waals surface area contributed by atoms with Gasteiger partial charge in [-0.3, -0.25) is 0 Å². The Labute approximate surface area is 140 Å². The van der Waals surface area contributed by atoms with Crippen LogP contribution in [0.4, 0.5) is 10.5 Å². The Morgan fingerprint density at radius 3 is 2.62 bits per heavy atom. The Bertz CT molecular complexity index is 758. The number of hydrogen-bond donors (Lipinski definition) is 3. The van der Waals surface area contributed by atoms with Crippen molar-refractivity contribution in [1.29, 1.82) is 0 Å². The second-order valence-corrected chi connectivity index (χ2v) is 6.05. The van der Waals surface area contributed by atoms with E-state index in [0.29, 0.717) is 23.7 Å². The molecule has 0 saturated heterocycles. The van der Waals surface area contributed by atoms with E-state index < -0.39 is 5.79 Å². The maximum absolute atomic E-state index is 12.0. The SMILES string of the molecule is CC1(C)Oc2ccc(NC(=O)NCc3cccc(CO)c3)cc2O1. The summed E-state index contributed by atoms with van der Waals surface area (Å²) in [6.45, 7) is 4.01. The smallest absolute Gasteiger partial charge is 0.319 e. The van der Waals surface area contributed by atoms with Gasteiger partial charge in [-0.2, -0.15) is 0 Å². The van der Waals surface area contributed by atoms with Gasteiger partial charge in [0.15, 0.2) is 11.5 Å². The van der Waals surface area contributed by atoms with Gasteiger partial charge in [-0.25, -0.2) is 4.79 Å². The fourth-order valence-corrected chi connectivity index (χ4v) is 2.50. The molecular weight excluding hydrogens is 308 g/mol. The Morgan fingerprint density at radius 1 is 1.08 bits per heavy atom. The molecule has 2 aromatic carbocycles. The van der Waals surface area contributed by atoms with Crippen LogP contribution in [0.2, 0.25) is 0 Å². The van der Waals surface area contributed by atoms with Crippen LogP contribution in [-0.4, -0.2) is 16.9 Å². The average molecular weight is 328 g/mol. The van der Waals surface area contributed by atoms with E-state index in [0.717, 1.165) is 11.1 Å². The van der Waals surface area contributed by atoms with Crippen LogP contribution in [-0.2, 0) is 13.2 Å². The molecule has 1 aliphatic rings. The molecule has 0 spiro atoms. The van der Waals surface area contributed by atoms with Crippen molar-refractivity contribution in [3.63, 3.8) is 0 Å². The highest BCUT2D eigenvalue weighted by Crippen LogP contribution is 2.40. The topological polar surface area (TPSA) is 79.8 Å². The first-order chi connectivity index (χ1) is 11.4. The number of rotatable bonds is 4. The van der Waals surface area contributed by atoms with Crippen molar-refractivity contribution < 1.29 is 19.4 Å². The predicted molar refractivity (Wildman–Crippen MR) is 90.0 cm³/mol. The fraction of sp³-hybridized carbons (Fsp3) is 0.278. The zero-order valence-electron chi connectivity index (χ0n) is 13.6. The van der Waals surface area contributed by atoms with E-state index in [1.807, 2.05) is 38.1 Å². The molecule has 0 bridgehead atoms. The fourth-order valence-electron chi connectivity index (χ4n) is 2.50. The molecule has 1 heterocycles. The Balaban J connectivity index is 1.58. The lowest BCUT2D eigenvalue weighted by molar-refractivity contribution is -0.0431. The van der Waals surface area contributed by atoms with Gasteiger partial charge in [0, 0.05) is 32.1 Å². The van der Waals surface area contributed by atoms with Gasteiger partial charge in [0.25, 0.3) is 0 Å². The molecule has 0 saturated carbocycles. The summed E-state index contributed by atoms with van der Waals surface area (Å²) in [4.78, 5) is 12.0. The highest BCUT2D eigenvalue weighted by Gasteiger charge is 2.31. The summed E-state index contributed by atoms with van der Waals surface area (Å²) in [5.74, 6) is 0.571. The normalized spacial score (nSPS) is 14.3. The first kappa shape index (κ1) is 16.1. The molecule has 0 fully saturated rings. The minimum Gasteiger partial charge on any atom is -0.449 e. The van der Waals surface area contributed by atoms with Crippen LogP contribution in [0, 0.1) is 0 Å². The van der Waals surface area contributed by atoms with Crippen molar-refractivity contribution in [1.82, 2.24) is 5.32 Å². The van der Waals surface area contributed by atoms with Gasteiger partial charge in [0.2, 0.25) is 5.79 Å². The number of benzene rings is 2. The average Bonchev–Trinajstić information content (AvgIpc) is 2.86. The molecule has 2 amide bonds. The molecule has 126 valence electrons. The lowest BCUT2D eigenvalue weighted by Crippen LogP contribution is -2.29. The van der Waals surface area contributed by atoms with Crippen molar-refractivity contribution >= 4 is 11.7 Å². The van der Waals surface area contributed by atoms with Crippen molar-refractivity contribution in [2.45, 2.75) is 32.8 Å². The third kappa shape index (κ3) is 3.78. The van der Waals surface area contributed by atoms with Gasteiger partial charge >= 0.3 is 6.03 Å². The zero-order chi connectivity index (χ0) is 17.2. The van der Waals surface area contributed by atoms with Crippen LogP contribution < -0.4 is 20.1 Å². The maximum atomic E-state index is 12.0. The molecule has 0 radical (unpaired) electrons. The van der Waals surface area contributed by atoms with Crippen LogP contribution >= 0.6 is 0 Å². The highest BCUT2D eigenvalue weighted by molar-refractivity contribution is 5.89. The molecule has 6 heteroatoms. The number of aliphatic hydroxyl groups is 1. The van der Waals surface area contributed by atoms with Crippen LogP contribution in [0.5, 0.6) is 11.5 Å². The van der Waals surface area contributed by atoms with Gasteiger partial charge < -0.3 is 25.2 Å². The van der Waals surface area contributed by atoms with Gasteiger partial charge in [-0.1, -0.05) is 24.3 Å². The Kier molecular flexibility index (Phi) is 4.31. The second kappa shape index (κ2) is 6.41. The van der Waals surface area contributed by atoms with Gasteiger partial charge in [0.1, 0.15) is 0 Å².